The number of halogens is 3. The van der Waals surface area contributed by atoms with E-state index < -0.39 is 17.6 Å². The van der Waals surface area contributed by atoms with Gasteiger partial charge in [0.1, 0.15) is 22.2 Å². The number of aryl methyl sites for hydroxylation is 2. The van der Waals surface area contributed by atoms with Gasteiger partial charge >= 0.3 is 6.18 Å². The third kappa shape index (κ3) is 4.89. The Morgan fingerprint density at radius 1 is 1.14 bits per heavy atom. The third-order valence-corrected chi connectivity index (χ3v) is 5.01. The molecule has 0 radical (unpaired) electrons. The van der Waals surface area contributed by atoms with Crippen LogP contribution in [0.3, 0.4) is 0 Å². The highest BCUT2D eigenvalue weighted by Crippen LogP contribution is 2.31. The molecule has 3 rings (SSSR count). The fourth-order valence-corrected chi connectivity index (χ4v) is 3.34. The number of hydrogen-bond donors (Lipinski definition) is 1. The minimum Gasteiger partial charge on any atom is -0.486 e. The molecule has 1 aromatic heterocycles. The number of benzene rings is 2. The van der Waals surface area contributed by atoms with Gasteiger partial charge in [0.25, 0.3) is 5.91 Å². The van der Waals surface area contributed by atoms with Gasteiger partial charge in [-0.05, 0) is 44.2 Å². The predicted molar refractivity (Wildman–Crippen MR) is 102 cm³/mol. The molecule has 0 fully saturated rings. The summed E-state index contributed by atoms with van der Waals surface area (Å²) in [7, 11) is 0. The first-order chi connectivity index (χ1) is 13.2. The van der Waals surface area contributed by atoms with Crippen molar-refractivity contribution in [2.75, 3.05) is 5.32 Å². The molecular weight excluding hydrogens is 389 g/mol. The number of amides is 1. The van der Waals surface area contributed by atoms with Crippen LogP contribution in [0.5, 0.6) is 5.75 Å². The summed E-state index contributed by atoms with van der Waals surface area (Å²) in [6.07, 6.45) is -4.47. The lowest BCUT2D eigenvalue weighted by atomic mass is 10.2. The van der Waals surface area contributed by atoms with E-state index in [0.717, 1.165) is 29.0 Å². The number of rotatable bonds is 5. The van der Waals surface area contributed by atoms with Gasteiger partial charge in [-0.25, -0.2) is 4.98 Å². The summed E-state index contributed by atoms with van der Waals surface area (Å²) in [6.45, 7) is 3.85. The SMILES string of the molecule is Cc1ccc(OCc2nc(C)c(C(=O)Nc3cccc(C(F)(F)F)c3)s2)cc1. The lowest BCUT2D eigenvalue weighted by Crippen LogP contribution is -2.13. The van der Waals surface area contributed by atoms with E-state index in [9.17, 15) is 18.0 Å². The van der Waals surface area contributed by atoms with Crippen molar-refractivity contribution in [1.29, 1.82) is 0 Å². The molecule has 0 saturated heterocycles. The highest BCUT2D eigenvalue weighted by molar-refractivity contribution is 7.13. The summed E-state index contributed by atoms with van der Waals surface area (Å²) in [5, 5.41) is 3.10. The average Bonchev–Trinajstić information content (AvgIpc) is 3.02. The normalized spacial score (nSPS) is 11.3. The number of ether oxygens (including phenoxy) is 1. The maximum absolute atomic E-state index is 12.8. The second-order valence-corrected chi connectivity index (χ2v) is 7.24. The quantitative estimate of drug-likeness (QED) is 0.599. The molecule has 1 heterocycles. The largest absolute Gasteiger partial charge is 0.486 e. The number of carbonyl (C=O) groups is 1. The van der Waals surface area contributed by atoms with Crippen LogP contribution in [-0.4, -0.2) is 10.9 Å². The van der Waals surface area contributed by atoms with E-state index in [2.05, 4.69) is 10.3 Å². The van der Waals surface area contributed by atoms with E-state index in [1.54, 1.807) is 6.92 Å². The summed E-state index contributed by atoms with van der Waals surface area (Å²) in [5.74, 6) is 0.185. The summed E-state index contributed by atoms with van der Waals surface area (Å²) >= 11 is 1.15. The molecule has 0 aliphatic carbocycles. The average molecular weight is 406 g/mol. The second kappa shape index (κ2) is 8.02. The van der Waals surface area contributed by atoms with Crippen LogP contribution in [0.1, 0.15) is 31.5 Å². The molecule has 2 aromatic carbocycles. The van der Waals surface area contributed by atoms with Crippen LogP contribution in [0.4, 0.5) is 18.9 Å². The summed E-state index contributed by atoms with van der Waals surface area (Å²) in [5.41, 5.74) is 0.867. The molecule has 0 bridgehead atoms. The number of anilines is 1. The zero-order chi connectivity index (χ0) is 20.3. The fourth-order valence-electron chi connectivity index (χ4n) is 2.47. The molecule has 3 aromatic rings. The highest BCUT2D eigenvalue weighted by Gasteiger charge is 2.30. The Morgan fingerprint density at radius 2 is 1.86 bits per heavy atom. The third-order valence-electron chi connectivity index (χ3n) is 3.88. The molecule has 0 atom stereocenters. The van der Waals surface area contributed by atoms with Gasteiger partial charge in [0.15, 0.2) is 0 Å². The second-order valence-electron chi connectivity index (χ2n) is 6.16. The van der Waals surface area contributed by atoms with E-state index in [1.165, 1.54) is 12.1 Å². The maximum atomic E-state index is 12.8. The minimum atomic E-state index is -4.47. The van der Waals surface area contributed by atoms with E-state index in [1.807, 2.05) is 31.2 Å². The molecule has 8 heteroatoms. The molecule has 1 amide bonds. The Bertz CT molecular complexity index is 982. The Morgan fingerprint density at radius 3 is 2.54 bits per heavy atom. The zero-order valence-corrected chi connectivity index (χ0v) is 15.9. The monoisotopic (exact) mass is 406 g/mol. The molecule has 1 N–H and O–H groups in total. The van der Waals surface area contributed by atoms with Gasteiger partial charge in [0.05, 0.1) is 11.3 Å². The Labute approximate surface area is 164 Å². The van der Waals surface area contributed by atoms with Gasteiger partial charge in [-0.3, -0.25) is 4.79 Å². The van der Waals surface area contributed by atoms with Crippen molar-refractivity contribution in [3.8, 4) is 5.75 Å². The number of aromatic nitrogens is 1. The van der Waals surface area contributed by atoms with Crippen LogP contribution in [0.15, 0.2) is 48.5 Å². The first kappa shape index (κ1) is 19.9. The van der Waals surface area contributed by atoms with Gasteiger partial charge < -0.3 is 10.1 Å². The predicted octanol–water partition coefficient (Wildman–Crippen LogP) is 5.61. The van der Waals surface area contributed by atoms with Crippen LogP contribution < -0.4 is 10.1 Å². The number of nitrogens with zero attached hydrogens (tertiary/aromatic N) is 1. The first-order valence-electron chi connectivity index (χ1n) is 8.37. The highest BCUT2D eigenvalue weighted by atomic mass is 32.1. The van der Waals surface area contributed by atoms with Crippen LogP contribution >= 0.6 is 11.3 Å². The van der Waals surface area contributed by atoms with Crippen LogP contribution in [0.2, 0.25) is 0 Å². The van der Waals surface area contributed by atoms with Crippen LogP contribution in [-0.2, 0) is 12.8 Å². The van der Waals surface area contributed by atoms with Gasteiger partial charge in [-0.15, -0.1) is 11.3 Å². The number of thiazole rings is 1. The van der Waals surface area contributed by atoms with Crippen molar-refractivity contribution >= 4 is 22.9 Å². The van der Waals surface area contributed by atoms with Crippen molar-refractivity contribution in [2.24, 2.45) is 0 Å². The van der Waals surface area contributed by atoms with Crippen LogP contribution in [0.25, 0.3) is 0 Å². The number of hydrogen-bond acceptors (Lipinski definition) is 4. The van der Waals surface area contributed by atoms with Gasteiger partial charge in [0, 0.05) is 5.69 Å². The standard InChI is InChI=1S/C20H17F3N2O2S/c1-12-6-8-16(9-7-12)27-11-17-24-13(2)18(28-17)19(26)25-15-5-3-4-14(10-15)20(21,22)23/h3-10H,11H2,1-2H3,(H,25,26). The molecule has 0 aliphatic heterocycles. The van der Waals surface area contributed by atoms with E-state index >= 15 is 0 Å². The van der Waals surface area contributed by atoms with Gasteiger partial charge in [-0.2, -0.15) is 13.2 Å². The molecule has 0 spiro atoms. The Kier molecular flexibility index (Phi) is 5.69. The molecule has 0 unspecified atom stereocenters. The van der Waals surface area contributed by atoms with Gasteiger partial charge in [0.2, 0.25) is 0 Å². The molecular formula is C20H17F3N2O2S. The first-order valence-corrected chi connectivity index (χ1v) is 9.18. The summed E-state index contributed by atoms with van der Waals surface area (Å²) < 4.78 is 44.1. The van der Waals surface area contributed by atoms with Crippen molar-refractivity contribution in [1.82, 2.24) is 4.98 Å². The zero-order valence-electron chi connectivity index (χ0n) is 15.1. The molecule has 0 aliphatic rings. The Hall–Kier alpha value is -2.87. The summed E-state index contributed by atoms with van der Waals surface area (Å²) in [6, 6.07) is 12.0. The van der Waals surface area contributed by atoms with E-state index in [0.29, 0.717) is 21.3 Å². The minimum absolute atomic E-state index is 0.0741. The molecule has 28 heavy (non-hydrogen) atoms. The number of alkyl halides is 3. The van der Waals surface area contributed by atoms with Crippen molar-refractivity contribution in [2.45, 2.75) is 26.6 Å². The van der Waals surface area contributed by atoms with Gasteiger partial charge in [-0.1, -0.05) is 23.8 Å². The fraction of sp³-hybridized carbons (Fsp3) is 0.200. The van der Waals surface area contributed by atoms with Crippen molar-refractivity contribution < 1.29 is 22.7 Å². The molecule has 4 nitrogen and oxygen atoms in total. The number of carbonyl (C=O) groups excluding carboxylic acids is 1. The lowest BCUT2D eigenvalue weighted by molar-refractivity contribution is -0.137. The smallest absolute Gasteiger partial charge is 0.416 e. The number of nitrogens with one attached hydrogen (secondary N) is 1. The summed E-state index contributed by atoms with van der Waals surface area (Å²) in [4.78, 5) is 17.1. The van der Waals surface area contributed by atoms with Crippen molar-refractivity contribution in [3.05, 3.63) is 75.2 Å². The van der Waals surface area contributed by atoms with E-state index in [-0.39, 0.29) is 12.3 Å². The van der Waals surface area contributed by atoms with Crippen molar-refractivity contribution in [3.63, 3.8) is 0 Å². The lowest BCUT2D eigenvalue weighted by Gasteiger charge is -2.09. The topological polar surface area (TPSA) is 51.2 Å². The maximum Gasteiger partial charge on any atom is 0.416 e. The van der Waals surface area contributed by atoms with E-state index in [4.69, 9.17) is 4.74 Å². The van der Waals surface area contributed by atoms with Crippen LogP contribution in [0, 0.1) is 13.8 Å². The molecule has 0 saturated carbocycles. The Balaban J connectivity index is 1.68. The molecule has 146 valence electrons.